The molecule has 0 aromatic rings. The predicted molar refractivity (Wildman–Crippen MR) is 70.6 cm³/mol. The number of aliphatic hydroxyl groups is 1. The molecule has 0 bridgehead atoms. The van der Waals surface area contributed by atoms with Gasteiger partial charge in [0.2, 0.25) is 5.91 Å². The molecule has 0 unspecified atom stereocenters. The summed E-state index contributed by atoms with van der Waals surface area (Å²) in [6.07, 6.45) is 5.14. The van der Waals surface area contributed by atoms with Crippen LogP contribution in [0.5, 0.6) is 0 Å². The van der Waals surface area contributed by atoms with E-state index in [4.69, 9.17) is 10.8 Å². The third kappa shape index (κ3) is 10.3. The van der Waals surface area contributed by atoms with Crippen molar-refractivity contribution >= 4 is 5.91 Å². The van der Waals surface area contributed by atoms with Crippen molar-refractivity contribution in [1.29, 1.82) is 0 Å². The van der Waals surface area contributed by atoms with Crippen LogP contribution in [0, 0.1) is 5.41 Å². The highest BCUT2D eigenvalue weighted by atomic mass is 16.2. The van der Waals surface area contributed by atoms with Gasteiger partial charge in [0, 0.05) is 19.6 Å². The highest BCUT2D eigenvalue weighted by molar-refractivity contribution is 5.75. The first-order chi connectivity index (χ1) is 8.02. The number of nitrogens with one attached hydrogen (secondary N) is 1. The molecule has 0 saturated heterocycles. The van der Waals surface area contributed by atoms with Gasteiger partial charge in [0.05, 0.1) is 0 Å². The zero-order valence-corrected chi connectivity index (χ0v) is 11.3. The van der Waals surface area contributed by atoms with Crippen LogP contribution in [0.4, 0.5) is 0 Å². The highest BCUT2D eigenvalue weighted by Crippen LogP contribution is 2.25. The number of nitrogens with two attached hydrogens (primary N) is 1. The van der Waals surface area contributed by atoms with Crippen LogP contribution in [0.3, 0.4) is 0 Å². The molecule has 4 N–H and O–H groups in total. The van der Waals surface area contributed by atoms with Gasteiger partial charge in [-0.1, -0.05) is 13.8 Å². The molecular weight excluding hydrogens is 216 g/mol. The van der Waals surface area contributed by atoms with Crippen molar-refractivity contribution in [3.05, 3.63) is 0 Å². The van der Waals surface area contributed by atoms with Gasteiger partial charge in [-0.3, -0.25) is 4.79 Å². The van der Waals surface area contributed by atoms with Crippen LogP contribution in [-0.4, -0.2) is 30.7 Å². The number of hydrogen-bond donors (Lipinski definition) is 3. The van der Waals surface area contributed by atoms with Gasteiger partial charge in [0.1, 0.15) is 0 Å². The van der Waals surface area contributed by atoms with Crippen molar-refractivity contribution in [3.63, 3.8) is 0 Å². The first-order valence-electron chi connectivity index (χ1n) is 6.59. The third-order valence-electron chi connectivity index (χ3n) is 3.01. The molecule has 0 aromatic carbocycles. The Hall–Kier alpha value is -0.610. The van der Waals surface area contributed by atoms with Crippen LogP contribution < -0.4 is 11.1 Å². The number of amides is 1. The molecule has 0 heterocycles. The molecule has 0 atom stereocenters. The zero-order valence-electron chi connectivity index (χ0n) is 11.3. The lowest BCUT2D eigenvalue weighted by Gasteiger charge is -2.23. The fourth-order valence-corrected chi connectivity index (χ4v) is 1.70. The predicted octanol–water partition coefficient (Wildman–Crippen LogP) is 1.42. The zero-order chi connectivity index (χ0) is 13.1. The summed E-state index contributed by atoms with van der Waals surface area (Å²) >= 11 is 0. The van der Waals surface area contributed by atoms with E-state index in [2.05, 4.69) is 19.2 Å². The summed E-state index contributed by atoms with van der Waals surface area (Å²) in [5, 5.41) is 11.5. The van der Waals surface area contributed by atoms with E-state index in [9.17, 15) is 4.79 Å². The Morgan fingerprint density at radius 2 is 1.94 bits per heavy atom. The lowest BCUT2D eigenvalue weighted by molar-refractivity contribution is -0.121. The van der Waals surface area contributed by atoms with Crippen molar-refractivity contribution in [2.45, 2.75) is 52.4 Å². The lowest BCUT2D eigenvalue weighted by atomic mass is 9.84. The molecule has 0 saturated carbocycles. The minimum atomic E-state index is 0.124. The average molecular weight is 244 g/mol. The van der Waals surface area contributed by atoms with Crippen molar-refractivity contribution < 1.29 is 9.90 Å². The Bertz CT molecular complexity index is 206. The van der Waals surface area contributed by atoms with Gasteiger partial charge >= 0.3 is 0 Å². The summed E-state index contributed by atoms with van der Waals surface area (Å²) in [7, 11) is 0. The fraction of sp³-hybridized carbons (Fsp3) is 0.923. The molecule has 17 heavy (non-hydrogen) atoms. The van der Waals surface area contributed by atoms with Gasteiger partial charge in [-0.05, 0) is 44.1 Å². The maximum atomic E-state index is 11.5. The molecule has 0 radical (unpaired) electrons. The van der Waals surface area contributed by atoms with Crippen LogP contribution in [0.2, 0.25) is 0 Å². The number of hydrogen-bond acceptors (Lipinski definition) is 3. The maximum absolute atomic E-state index is 11.5. The highest BCUT2D eigenvalue weighted by Gasteiger charge is 2.17. The molecule has 0 aliphatic rings. The van der Waals surface area contributed by atoms with Gasteiger partial charge < -0.3 is 16.2 Å². The number of rotatable bonds is 10. The Kier molecular flexibility index (Phi) is 9.09. The molecule has 0 aliphatic carbocycles. The van der Waals surface area contributed by atoms with Crippen LogP contribution >= 0.6 is 0 Å². The molecule has 0 rings (SSSR count). The number of aliphatic hydroxyl groups excluding tert-OH is 1. The maximum Gasteiger partial charge on any atom is 0.220 e. The van der Waals surface area contributed by atoms with Gasteiger partial charge in [-0.15, -0.1) is 0 Å². The van der Waals surface area contributed by atoms with Crippen LogP contribution in [0.1, 0.15) is 52.4 Å². The van der Waals surface area contributed by atoms with Crippen molar-refractivity contribution in [1.82, 2.24) is 5.32 Å². The number of unbranched alkanes of at least 4 members (excludes halogenated alkanes) is 2. The summed E-state index contributed by atoms with van der Waals surface area (Å²) in [4.78, 5) is 11.5. The summed E-state index contributed by atoms with van der Waals surface area (Å²) in [6, 6.07) is 0. The second-order valence-corrected chi connectivity index (χ2v) is 5.34. The number of carbonyl (C=O) groups excluding carboxylic acids is 1. The van der Waals surface area contributed by atoms with E-state index in [1.54, 1.807) is 0 Å². The van der Waals surface area contributed by atoms with Crippen LogP contribution in [0.25, 0.3) is 0 Å². The summed E-state index contributed by atoms with van der Waals surface area (Å²) in [5.41, 5.74) is 5.68. The molecule has 4 heteroatoms. The van der Waals surface area contributed by atoms with E-state index in [1.165, 1.54) is 0 Å². The normalized spacial score (nSPS) is 11.5. The van der Waals surface area contributed by atoms with Gasteiger partial charge in [0.25, 0.3) is 0 Å². The fourth-order valence-electron chi connectivity index (χ4n) is 1.70. The largest absolute Gasteiger partial charge is 0.396 e. The molecule has 0 fully saturated rings. The first-order valence-corrected chi connectivity index (χ1v) is 6.59. The standard InChI is InChI=1S/C13H28N2O2/c1-13(2,8-9-14)7-6-12(17)15-10-4-3-5-11-16/h16H,3-11,14H2,1-2H3,(H,15,17). The van der Waals surface area contributed by atoms with Gasteiger partial charge in [-0.25, -0.2) is 0 Å². The Morgan fingerprint density at radius 1 is 1.24 bits per heavy atom. The van der Waals surface area contributed by atoms with E-state index in [-0.39, 0.29) is 17.9 Å². The molecule has 4 nitrogen and oxygen atoms in total. The van der Waals surface area contributed by atoms with Crippen molar-refractivity contribution in [2.75, 3.05) is 19.7 Å². The third-order valence-corrected chi connectivity index (χ3v) is 3.01. The Labute approximate surface area is 105 Å². The number of carbonyl (C=O) groups is 1. The summed E-state index contributed by atoms with van der Waals surface area (Å²) in [5.74, 6) is 0.124. The monoisotopic (exact) mass is 244 g/mol. The second-order valence-electron chi connectivity index (χ2n) is 5.34. The van der Waals surface area contributed by atoms with Crippen molar-refractivity contribution in [3.8, 4) is 0 Å². The second kappa shape index (κ2) is 9.42. The van der Waals surface area contributed by atoms with Crippen molar-refractivity contribution in [2.24, 2.45) is 11.1 Å². The minimum Gasteiger partial charge on any atom is -0.396 e. The van der Waals surface area contributed by atoms with E-state index < -0.39 is 0 Å². The molecule has 0 aromatic heterocycles. The van der Waals surface area contributed by atoms with Gasteiger partial charge in [-0.2, -0.15) is 0 Å². The average Bonchev–Trinajstić information content (AvgIpc) is 2.26. The quantitative estimate of drug-likeness (QED) is 0.509. The lowest BCUT2D eigenvalue weighted by Crippen LogP contribution is -2.26. The SMILES string of the molecule is CC(C)(CCN)CCC(=O)NCCCCCO. The molecule has 0 aliphatic heterocycles. The molecular formula is C13H28N2O2. The Balaban J connectivity index is 3.52. The minimum absolute atomic E-state index is 0.124. The topological polar surface area (TPSA) is 75.4 Å². The smallest absolute Gasteiger partial charge is 0.220 e. The molecule has 102 valence electrons. The van der Waals surface area contributed by atoms with Crippen LogP contribution in [-0.2, 0) is 4.79 Å². The van der Waals surface area contributed by atoms with E-state index in [0.717, 1.165) is 38.6 Å². The van der Waals surface area contributed by atoms with Gasteiger partial charge in [0.15, 0.2) is 0 Å². The summed E-state index contributed by atoms with van der Waals surface area (Å²) < 4.78 is 0. The van der Waals surface area contributed by atoms with E-state index in [0.29, 0.717) is 13.0 Å². The first kappa shape index (κ1) is 16.4. The Morgan fingerprint density at radius 3 is 2.53 bits per heavy atom. The van der Waals surface area contributed by atoms with E-state index in [1.807, 2.05) is 0 Å². The molecule has 1 amide bonds. The van der Waals surface area contributed by atoms with Crippen LogP contribution in [0.15, 0.2) is 0 Å². The summed E-state index contributed by atoms with van der Waals surface area (Å²) in [6.45, 7) is 5.93. The van der Waals surface area contributed by atoms with E-state index >= 15 is 0 Å². The molecule has 0 spiro atoms.